The quantitative estimate of drug-likeness (QED) is 0.350. The number of carbonyl (C=O) groups is 1. The van der Waals surface area contributed by atoms with Crippen LogP contribution in [0.3, 0.4) is 0 Å². The maximum atomic E-state index is 13.0. The van der Waals surface area contributed by atoms with Crippen LogP contribution in [-0.4, -0.2) is 22.6 Å². The average Bonchev–Trinajstić information content (AvgIpc) is 3.03. The smallest absolute Gasteiger partial charge is 0.236 e. The Hall–Kier alpha value is -3.54. The number of aromatic amines is 1. The summed E-state index contributed by atoms with van der Waals surface area (Å²) >= 11 is 0. The molecule has 0 saturated heterocycles. The zero-order chi connectivity index (χ0) is 17.2. The van der Waals surface area contributed by atoms with Crippen molar-refractivity contribution in [3.63, 3.8) is 0 Å². The lowest BCUT2D eigenvalue weighted by Crippen LogP contribution is -2.15. The van der Waals surface area contributed by atoms with E-state index in [1.165, 1.54) is 18.3 Å². The maximum absolute atomic E-state index is 13.0. The summed E-state index contributed by atoms with van der Waals surface area (Å²) in [6, 6.07) is 15.6. The van der Waals surface area contributed by atoms with Crippen molar-refractivity contribution in [3.8, 4) is 0 Å². The third-order valence-corrected chi connectivity index (χ3v) is 3.93. The molecule has 0 fully saturated rings. The molecule has 25 heavy (non-hydrogen) atoms. The number of anilines is 1. The van der Waals surface area contributed by atoms with Gasteiger partial charge in [-0.3, -0.25) is 4.79 Å². The zero-order valence-corrected chi connectivity index (χ0v) is 13.1. The Morgan fingerprint density at radius 3 is 2.64 bits per heavy atom. The van der Waals surface area contributed by atoms with Crippen LogP contribution in [0.2, 0.25) is 0 Å². The number of H-pyrrole nitrogens is 1. The average molecular weight is 332 g/mol. The molecular formula is C19H13FN4O. The largest absolute Gasteiger partial charge is 0.351 e. The van der Waals surface area contributed by atoms with Crippen LogP contribution < -0.4 is 5.01 Å². The predicted octanol–water partition coefficient (Wildman–Crippen LogP) is 3.85. The molecule has 0 aliphatic heterocycles. The molecule has 5 nitrogen and oxygen atoms in total. The fourth-order valence-electron chi connectivity index (χ4n) is 2.74. The van der Waals surface area contributed by atoms with Gasteiger partial charge in [-0.15, -0.1) is 0 Å². The van der Waals surface area contributed by atoms with Gasteiger partial charge in [0.25, 0.3) is 0 Å². The first-order valence-corrected chi connectivity index (χ1v) is 7.66. The van der Waals surface area contributed by atoms with Crippen LogP contribution in [0.4, 0.5) is 10.2 Å². The molecule has 122 valence electrons. The Balaban J connectivity index is 1.78. The lowest BCUT2D eigenvalue weighted by molar-refractivity contribution is -0.107. The van der Waals surface area contributed by atoms with Crippen LogP contribution in [-0.2, 0) is 4.79 Å². The number of halogens is 1. The van der Waals surface area contributed by atoms with E-state index in [9.17, 15) is 9.18 Å². The number of rotatable bonds is 4. The highest BCUT2D eigenvalue weighted by atomic mass is 19.1. The number of benzene rings is 2. The standard InChI is InChI=1S/C19H13FN4O/c20-14-7-5-13(6-8-14)11-22-24(12-25)19-18-16(9-10-21-19)15-3-1-2-4-17(15)23-18/h1-12,23H. The summed E-state index contributed by atoms with van der Waals surface area (Å²) in [4.78, 5) is 19.1. The molecule has 0 saturated carbocycles. The number of hydrogen-bond acceptors (Lipinski definition) is 3. The van der Waals surface area contributed by atoms with Gasteiger partial charge in [-0.2, -0.15) is 10.1 Å². The molecule has 2 aromatic carbocycles. The molecule has 0 aliphatic carbocycles. The predicted molar refractivity (Wildman–Crippen MR) is 96.1 cm³/mol. The summed E-state index contributed by atoms with van der Waals surface area (Å²) in [5, 5.41) is 7.33. The molecule has 1 N–H and O–H groups in total. The van der Waals surface area contributed by atoms with Crippen LogP contribution in [0.15, 0.2) is 65.9 Å². The third-order valence-electron chi connectivity index (χ3n) is 3.93. The maximum Gasteiger partial charge on any atom is 0.236 e. The van der Waals surface area contributed by atoms with Crippen LogP contribution >= 0.6 is 0 Å². The van der Waals surface area contributed by atoms with E-state index < -0.39 is 0 Å². The Labute approximate surface area is 142 Å². The molecule has 2 heterocycles. The first kappa shape index (κ1) is 15.0. The van der Waals surface area contributed by atoms with Crippen LogP contribution in [0, 0.1) is 5.82 Å². The van der Waals surface area contributed by atoms with E-state index in [1.54, 1.807) is 18.3 Å². The first-order chi connectivity index (χ1) is 12.3. The number of hydrazone groups is 1. The van der Waals surface area contributed by atoms with Gasteiger partial charge in [-0.05, 0) is 29.8 Å². The summed E-state index contributed by atoms with van der Waals surface area (Å²) in [6.45, 7) is 0. The molecule has 0 radical (unpaired) electrons. The molecule has 2 aromatic heterocycles. The first-order valence-electron chi connectivity index (χ1n) is 7.66. The van der Waals surface area contributed by atoms with Crippen LogP contribution in [0.5, 0.6) is 0 Å². The van der Waals surface area contributed by atoms with E-state index in [1.807, 2.05) is 30.3 Å². The summed E-state index contributed by atoms with van der Waals surface area (Å²) in [6.07, 6.45) is 3.71. The summed E-state index contributed by atoms with van der Waals surface area (Å²) in [5.41, 5.74) is 2.37. The van der Waals surface area contributed by atoms with Gasteiger partial charge in [-0.1, -0.05) is 30.3 Å². The number of hydrogen-bond donors (Lipinski definition) is 1. The van der Waals surface area contributed by atoms with E-state index in [-0.39, 0.29) is 5.82 Å². The van der Waals surface area contributed by atoms with Gasteiger partial charge in [0.1, 0.15) is 5.82 Å². The lowest BCUT2D eigenvalue weighted by Gasteiger charge is -2.10. The van der Waals surface area contributed by atoms with Crippen molar-refractivity contribution >= 4 is 40.2 Å². The number of fused-ring (bicyclic) bond motifs is 3. The minimum absolute atomic E-state index is 0.325. The topological polar surface area (TPSA) is 61.4 Å². The number of nitrogens with zero attached hydrogens (tertiary/aromatic N) is 3. The van der Waals surface area contributed by atoms with Crippen molar-refractivity contribution in [3.05, 3.63) is 72.2 Å². The van der Waals surface area contributed by atoms with Gasteiger partial charge in [-0.25, -0.2) is 9.37 Å². The van der Waals surface area contributed by atoms with Gasteiger partial charge >= 0.3 is 0 Å². The monoisotopic (exact) mass is 332 g/mol. The van der Waals surface area contributed by atoms with Crippen molar-refractivity contribution in [1.29, 1.82) is 0 Å². The van der Waals surface area contributed by atoms with E-state index in [0.717, 1.165) is 26.8 Å². The highest BCUT2D eigenvalue weighted by Gasteiger charge is 2.13. The highest BCUT2D eigenvalue weighted by molar-refractivity contribution is 6.11. The molecule has 0 aliphatic rings. The minimum atomic E-state index is -0.325. The van der Waals surface area contributed by atoms with Gasteiger partial charge in [0, 0.05) is 22.5 Å². The third kappa shape index (κ3) is 2.74. The fraction of sp³-hybridized carbons (Fsp3) is 0. The minimum Gasteiger partial charge on any atom is -0.351 e. The Morgan fingerprint density at radius 1 is 1.04 bits per heavy atom. The van der Waals surface area contributed by atoms with Gasteiger partial charge in [0.15, 0.2) is 5.82 Å². The van der Waals surface area contributed by atoms with Gasteiger partial charge in [0.05, 0.1) is 11.7 Å². The van der Waals surface area contributed by atoms with Crippen LogP contribution in [0.25, 0.3) is 21.8 Å². The van der Waals surface area contributed by atoms with Crippen molar-refractivity contribution < 1.29 is 9.18 Å². The Kier molecular flexibility index (Phi) is 3.70. The fourth-order valence-corrected chi connectivity index (χ4v) is 2.74. The second kappa shape index (κ2) is 6.16. The SMILES string of the molecule is O=CN(N=Cc1ccc(F)cc1)c1nccc2c1[nH]c1ccccc12. The molecule has 0 spiro atoms. The molecule has 4 rings (SSSR count). The number of pyridine rings is 1. The van der Waals surface area contributed by atoms with E-state index in [4.69, 9.17) is 0 Å². The molecular weight excluding hydrogens is 319 g/mol. The second-order valence-electron chi connectivity index (χ2n) is 5.47. The summed E-state index contributed by atoms with van der Waals surface area (Å²) in [5.74, 6) is 0.0796. The van der Waals surface area contributed by atoms with E-state index in [0.29, 0.717) is 17.8 Å². The van der Waals surface area contributed by atoms with Crippen molar-refractivity contribution in [2.75, 3.05) is 5.01 Å². The zero-order valence-electron chi connectivity index (χ0n) is 13.1. The van der Waals surface area contributed by atoms with Gasteiger partial charge in [0.2, 0.25) is 6.41 Å². The van der Waals surface area contributed by atoms with Crippen molar-refractivity contribution in [1.82, 2.24) is 9.97 Å². The molecule has 1 amide bonds. The molecule has 6 heteroatoms. The Bertz CT molecular complexity index is 1090. The van der Waals surface area contributed by atoms with E-state index in [2.05, 4.69) is 15.1 Å². The molecule has 0 atom stereocenters. The van der Waals surface area contributed by atoms with Crippen molar-refractivity contribution in [2.45, 2.75) is 0 Å². The molecule has 0 unspecified atom stereocenters. The van der Waals surface area contributed by atoms with E-state index >= 15 is 0 Å². The number of amides is 1. The second-order valence-corrected chi connectivity index (χ2v) is 5.47. The number of para-hydroxylation sites is 1. The molecule has 0 bridgehead atoms. The van der Waals surface area contributed by atoms with Crippen molar-refractivity contribution in [2.24, 2.45) is 5.10 Å². The van der Waals surface area contributed by atoms with Gasteiger partial charge < -0.3 is 4.98 Å². The number of nitrogens with one attached hydrogen (secondary N) is 1. The Morgan fingerprint density at radius 2 is 1.84 bits per heavy atom. The lowest BCUT2D eigenvalue weighted by atomic mass is 10.2. The number of aromatic nitrogens is 2. The summed E-state index contributed by atoms with van der Waals surface area (Å²) < 4.78 is 13.0. The molecule has 4 aromatic rings. The normalized spacial score (nSPS) is 11.4. The number of carbonyl (C=O) groups excluding carboxylic acids is 1. The highest BCUT2D eigenvalue weighted by Crippen LogP contribution is 2.30. The summed E-state index contributed by atoms with van der Waals surface area (Å²) in [7, 11) is 0. The van der Waals surface area contributed by atoms with Crippen LogP contribution in [0.1, 0.15) is 5.56 Å².